The standard InChI is InChI=1S/C21H28N2O3/c1-7-18(16-8-10-17(26-6)11-9-16)22-14(4)21(25)20-12(2)19(15(5)24)13(3)23-20/h8-11,14,18,22-23H,7H2,1-6H3/t14-,18+/m1/s1. The van der Waals surface area contributed by atoms with Crippen molar-refractivity contribution in [2.24, 2.45) is 0 Å². The normalized spacial score (nSPS) is 13.3. The topological polar surface area (TPSA) is 71.2 Å². The van der Waals surface area contributed by atoms with Crippen LogP contribution in [0.3, 0.4) is 0 Å². The average molecular weight is 356 g/mol. The molecule has 0 aliphatic heterocycles. The van der Waals surface area contributed by atoms with E-state index in [1.165, 1.54) is 6.92 Å². The molecule has 2 rings (SSSR count). The molecule has 0 radical (unpaired) electrons. The van der Waals surface area contributed by atoms with E-state index in [-0.39, 0.29) is 23.7 Å². The molecule has 0 bridgehead atoms. The number of aromatic amines is 1. The average Bonchev–Trinajstić information content (AvgIpc) is 2.93. The summed E-state index contributed by atoms with van der Waals surface area (Å²) in [5.41, 5.74) is 3.70. The molecule has 0 unspecified atom stereocenters. The smallest absolute Gasteiger partial charge is 0.195 e. The van der Waals surface area contributed by atoms with Crippen molar-refractivity contribution in [3.05, 3.63) is 52.3 Å². The van der Waals surface area contributed by atoms with Crippen molar-refractivity contribution in [1.82, 2.24) is 10.3 Å². The van der Waals surface area contributed by atoms with E-state index in [9.17, 15) is 9.59 Å². The highest BCUT2D eigenvalue weighted by Crippen LogP contribution is 2.23. The number of aromatic nitrogens is 1. The number of ether oxygens (including phenoxy) is 1. The first-order valence-electron chi connectivity index (χ1n) is 8.94. The maximum absolute atomic E-state index is 12.9. The predicted octanol–water partition coefficient (Wildman–Crippen LogP) is 4.15. The summed E-state index contributed by atoms with van der Waals surface area (Å²) in [6.07, 6.45) is 0.853. The van der Waals surface area contributed by atoms with E-state index in [2.05, 4.69) is 17.2 Å². The van der Waals surface area contributed by atoms with Crippen LogP contribution in [0.2, 0.25) is 0 Å². The largest absolute Gasteiger partial charge is 0.497 e. The Labute approximate surface area is 155 Å². The summed E-state index contributed by atoms with van der Waals surface area (Å²) < 4.78 is 5.20. The molecule has 0 amide bonds. The zero-order valence-corrected chi connectivity index (χ0v) is 16.4. The Balaban J connectivity index is 2.19. The quantitative estimate of drug-likeness (QED) is 0.697. The van der Waals surface area contributed by atoms with Gasteiger partial charge >= 0.3 is 0 Å². The molecule has 2 aromatic rings. The number of benzene rings is 1. The van der Waals surface area contributed by atoms with Gasteiger partial charge in [0.05, 0.1) is 18.8 Å². The molecule has 1 aromatic heterocycles. The van der Waals surface area contributed by atoms with Crippen molar-refractivity contribution < 1.29 is 14.3 Å². The van der Waals surface area contributed by atoms with Crippen molar-refractivity contribution >= 4 is 11.6 Å². The Kier molecular flexibility index (Phi) is 6.37. The SMILES string of the molecule is CC[C@H](N[C@H](C)C(=O)c1[nH]c(C)c(C(C)=O)c1C)c1ccc(OC)cc1. The highest BCUT2D eigenvalue weighted by atomic mass is 16.5. The molecule has 0 saturated heterocycles. The lowest BCUT2D eigenvalue weighted by Crippen LogP contribution is -2.37. The Morgan fingerprint density at radius 1 is 1.19 bits per heavy atom. The zero-order valence-electron chi connectivity index (χ0n) is 16.4. The van der Waals surface area contributed by atoms with E-state index in [0.29, 0.717) is 11.3 Å². The summed E-state index contributed by atoms with van der Waals surface area (Å²) in [4.78, 5) is 27.8. The molecule has 2 atom stereocenters. The summed E-state index contributed by atoms with van der Waals surface area (Å²) in [7, 11) is 1.64. The summed E-state index contributed by atoms with van der Waals surface area (Å²) in [6.45, 7) is 9.11. The van der Waals surface area contributed by atoms with Gasteiger partial charge in [0.25, 0.3) is 0 Å². The number of methoxy groups -OCH3 is 1. The maximum Gasteiger partial charge on any atom is 0.195 e. The minimum absolute atomic E-state index is 0.0272. The van der Waals surface area contributed by atoms with Crippen LogP contribution in [0.25, 0.3) is 0 Å². The second kappa shape index (κ2) is 8.32. The van der Waals surface area contributed by atoms with Gasteiger partial charge in [0.15, 0.2) is 11.6 Å². The number of carbonyl (C=O) groups excluding carboxylic acids is 2. The Bertz CT molecular complexity index is 790. The molecule has 0 aliphatic rings. The number of aryl methyl sites for hydroxylation is 1. The van der Waals surface area contributed by atoms with Crippen LogP contribution in [0.4, 0.5) is 0 Å². The molecule has 1 aromatic carbocycles. The van der Waals surface area contributed by atoms with Gasteiger partial charge in [-0.05, 0) is 57.4 Å². The number of Topliss-reactive ketones (excluding diaryl/α,β-unsaturated/α-hetero) is 2. The lowest BCUT2D eigenvalue weighted by molar-refractivity contribution is 0.0938. The van der Waals surface area contributed by atoms with E-state index >= 15 is 0 Å². The number of carbonyl (C=O) groups is 2. The number of H-pyrrole nitrogens is 1. The van der Waals surface area contributed by atoms with Gasteiger partial charge in [-0.25, -0.2) is 0 Å². The van der Waals surface area contributed by atoms with Crippen LogP contribution in [0.15, 0.2) is 24.3 Å². The number of hydrogen-bond acceptors (Lipinski definition) is 4. The number of rotatable bonds is 8. The lowest BCUT2D eigenvalue weighted by atomic mass is 10.00. The third-order valence-corrected chi connectivity index (χ3v) is 4.81. The van der Waals surface area contributed by atoms with Crippen LogP contribution in [0.5, 0.6) is 5.75 Å². The molecule has 0 spiro atoms. The van der Waals surface area contributed by atoms with Crippen LogP contribution in [0.1, 0.15) is 70.9 Å². The van der Waals surface area contributed by atoms with Crippen LogP contribution in [-0.2, 0) is 0 Å². The van der Waals surface area contributed by atoms with Gasteiger partial charge in [-0.15, -0.1) is 0 Å². The second-order valence-electron chi connectivity index (χ2n) is 6.67. The third kappa shape index (κ3) is 4.05. The van der Waals surface area contributed by atoms with Crippen molar-refractivity contribution in [2.45, 2.75) is 53.1 Å². The molecular weight excluding hydrogens is 328 g/mol. The Morgan fingerprint density at radius 3 is 2.27 bits per heavy atom. The minimum Gasteiger partial charge on any atom is -0.497 e. The van der Waals surface area contributed by atoms with Gasteiger partial charge in [-0.2, -0.15) is 0 Å². The van der Waals surface area contributed by atoms with E-state index in [1.54, 1.807) is 7.11 Å². The van der Waals surface area contributed by atoms with Crippen molar-refractivity contribution in [3.63, 3.8) is 0 Å². The highest BCUT2D eigenvalue weighted by Gasteiger charge is 2.25. The molecule has 5 nitrogen and oxygen atoms in total. The molecule has 5 heteroatoms. The molecular formula is C21H28N2O3. The summed E-state index contributed by atoms with van der Waals surface area (Å²) in [5, 5.41) is 3.41. The number of ketones is 2. The summed E-state index contributed by atoms with van der Waals surface area (Å²) in [5.74, 6) is 0.743. The van der Waals surface area contributed by atoms with Gasteiger partial charge < -0.3 is 15.0 Å². The van der Waals surface area contributed by atoms with E-state index in [1.807, 2.05) is 45.0 Å². The molecule has 0 saturated carbocycles. The Morgan fingerprint density at radius 2 is 1.81 bits per heavy atom. The van der Waals surface area contributed by atoms with Gasteiger partial charge in [-0.3, -0.25) is 9.59 Å². The van der Waals surface area contributed by atoms with Gasteiger partial charge in [0, 0.05) is 17.3 Å². The lowest BCUT2D eigenvalue weighted by Gasteiger charge is -2.22. The Hall–Kier alpha value is -2.40. The highest BCUT2D eigenvalue weighted by molar-refractivity contribution is 6.05. The maximum atomic E-state index is 12.9. The first-order chi connectivity index (χ1) is 12.3. The zero-order chi connectivity index (χ0) is 19.4. The van der Waals surface area contributed by atoms with Gasteiger partial charge in [0.2, 0.25) is 0 Å². The van der Waals surface area contributed by atoms with Gasteiger partial charge in [-0.1, -0.05) is 19.1 Å². The van der Waals surface area contributed by atoms with Crippen molar-refractivity contribution in [1.29, 1.82) is 0 Å². The first-order valence-corrected chi connectivity index (χ1v) is 8.94. The number of nitrogens with one attached hydrogen (secondary N) is 2. The van der Waals surface area contributed by atoms with Crippen LogP contribution in [-0.4, -0.2) is 29.7 Å². The van der Waals surface area contributed by atoms with E-state index in [0.717, 1.165) is 29.0 Å². The van der Waals surface area contributed by atoms with E-state index in [4.69, 9.17) is 4.74 Å². The second-order valence-corrected chi connectivity index (χ2v) is 6.67. The van der Waals surface area contributed by atoms with Crippen molar-refractivity contribution in [3.8, 4) is 5.75 Å². The fourth-order valence-electron chi connectivity index (χ4n) is 3.40. The molecule has 2 N–H and O–H groups in total. The van der Waals surface area contributed by atoms with Crippen molar-refractivity contribution in [2.75, 3.05) is 7.11 Å². The predicted molar refractivity (Wildman–Crippen MR) is 103 cm³/mol. The molecule has 140 valence electrons. The van der Waals surface area contributed by atoms with Gasteiger partial charge in [0.1, 0.15) is 5.75 Å². The minimum atomic E-state index is -0.376. The first kappa shape index (κ1) is 19.9. The summed E-state index contributed by atoms with van der Waals surface area (Å²) in [6, 6.07) is 7.54. The van der Waals surface area contributed by atoms with Crippen LogP contribution in [0, 0.1) is 13.8 Å². The number of hydrogen-bond donors (Lipinski definition) is 2. The third-order valence-electron chi connectivity index (χ3n) is 4.81. The molecule has 26 heavy (non-hydrogen) atoms. The molecule has 0 aliphatic carbocycles. The van der Waals surface area contributed by atoms with E-state index < -0.39 is 0 Å². The fourth-order valence-corrected chi connectivity index (χ4v) is 3.40. The fraction of sp³-hybridized carbons (Fsp3) is 0.429. The molecule has 0 fully saturated rings. The van der Waals surface area contributed by atoms with Crippen LogP contribution < -0.4 is 10.1 Å². The van der Waals surface area contributed by atoms with Crippen LogP contribution >= 0.6 is 0 Å². The monoisotopic (exact) mass is 356 g/mol. The molecule has 1 heterocycles. The summed E-state index contributed by atoms with van der Waals surface area (Å²) >= 11 is 0.